The SMILES string of the molecule is CCCOC1(C)CC=C(c2ccc(-c3ccc(C)cc3)cc2)CC1. The first-order valence-electron chi connectivity index (χ1n) is 9.10. The third-order valence-corrected chi connectivity index (χ3v) is 5.00. The molecule has 126 valence electrons. The van der Waals surface area contributed by atoms with E-state index < -0.39 is 0 Å². The molecule has 2 aromatic rings. The Morgan fingerprint density at radius 3 is 2.04 bits per heavy atom. The Hall–Kier alpha value is -1.86. The van der Waals surface area contributed by atoms with Crippen molar-refractivity contribution in [3.63, 3.8) is 0 Å². The fourth-order valence-electron chi connectivity index (χ4n) is 3.31. The number of aryl methyl sites for hydroxylation is 1. The molecule has 1 aliphatic rings. The van der Waals surface area contributed by atoms with Gasteiger partial charge in [0.2, 0.25) is 0 Å². The van der Waals surface area contributed by atoms with Gasteiger partial charge >= 0.3 is 0 Å². The van der Waals surface area contributed by atoms with Crippen LogP contribution in [0.4, 0.5) is 0 Å². The summed E-state index contributed by atoms with van der Waals surface area (Å²) in [6.07, 6.45) is 6.69. The highest BCUT2D eigenvalue weighted by Crippen LogP contribution is 2.35. The van der Waals surface area contributed by atoms with Crippen molar-refractivity contribution in [2.24, 2.45) is 0 Å². The maximum absolute atomic E-state index is 6.05. The Labute approximate surface area is 146 Å². The van der Waals surface area contributed by atoms with E-state index in [1.165, 1.54) is 27.8 Å². The molecule has 1 atom stereocenters. The molecule has 0 aliphatic heterocycles. The van der Waals surface area contributed by atoms with Gasteiger partial charge < -0.3 is 4.74 Å². The Morgan fingerprint density at radius 2 is 1.50 bits per heavy atom. The second kappa shape index (κ2) is 7.36. The minimum Gasteiger partial charge on any atom is -0.375 e. The van der Waals surface area contributed by atoms with E-state index in [0.29, 0.717) is 0 Å². The van der Waals surface area contributed by atoms with Crippen LogP contribution in [-0.2, 0) is 4.74 Å². The smallest absolute Gasteiger partial charge is 0.0692 e. The van der Waals surface area contributed by atoms with Crippen LogP contribution in [0.2, 0.25) is 0 Å². The number of hydrogen-bond donors (Lipinski definition) is 0. The molecule has 0 heterocycles. The van der Waals surface area contributed by atoms with Gasteiger partial charge in [0.05, 0.1) is 5.60 Å². The molecule has 3 rings (SSSR count). The Morgan fingerprint density at radius 1 is 0.917 bits per heavy atom. The largest absolute Gasteiger partial charge is 0.375 e. The van der Waals surface area contributed by atoms with Crippen molar-refractivity contribution in [3.05, 3.63) is 65.7 Å². The van der Waals surface area contributed by atoms with Crippen molar-refractivity contribution in [1.82, 2.24) is 0 Å². The summed E-state index contributed by atoms with van der Waals surface area (Å²) in [6.45, 7) is 7.41. The zero-order chi connectivity index (χ0) is 17.0. The van der Waals surface area contributed by atoms with Gasteiger partial charge in [0.25, 0.3) is 0 Å². The van der Waals surface area contributed by atoms with Crippen LogP contribution >= 0.6 is 0 Å². The summed E-state index contributed by atoms with van der Waals surface area (Å²) in [4.78, 5) is 0. The van der Waals surface area contributed by atoms with Crippen LogP contribution in [0.3, 0.4) is 0 Å². The minimum atomic E-state index is 0.0291. The van der Waals surface area contributed by atoms with Gasteiger partial charge in [-0.05, 0) is 61.8 Å². The molecule has 1 nitrogen and oxygen atoms in total. The highest BCUT2D eigenvalue weighted by molar-refractivity contribution is 5.71. The molecule has 1 aliphatic carbocycles. The van der Waals surface area contributed by atoms with Gasteiger partial charge in [-0.3, -0.25) is 0 Å². The summed E-state index contributed by atoms with van der Waals surface area (Å²) in [5.41, 5.74) is 6.71. The lowest BCUT2D eigenvalue weighted by atomic mass is 9.84. The first kappa shape index (κ1) is 17.0. The Balaban J connectivity index is 1.71. The lowest BCUT2D eigenvalue weighted by Gasteiger charge is -2.33. The van der Waals surface area contributed by atoms with Gasteiger partial charge in [-0.25, -0.2) is 0 Å². The number of benzene rings is 2. The third kappa shape index (κ3) is 3.96. The van der Waals surface area contributed by atoms with Gasteiger partial charge in [0.1, 0.15) is 0 Å². The molecule has 0 spiro atoms. The predicted molar refractivity (Wildman–Crippen MR) is 103 cm³/mol. The topological polar surface area (TPSA) is 9.23 Å². The van der Waals surface area contributed by atoms with E-state index in [1.54, 1.807) is 0 Å². The Bertz CT molecular complexity index is 694. The number of allylic oxidation sites excluding steroid dienone is 1. The molecule has 0 saturated heterocycles. The molecular weight excluding hydrogens is 292 g/mol. The summed E-state index contributed by atoms with van der Waals surface area (Å²) in [7, 11) is 0. The molecule has 0 N–H and O–H groups in total. The van der Waals surface area contributed by atoms with Crippen molar-refractivity contribution in [2.75, 3.05) is 6.61 Å². The minimum absolute atomic E-state index is 0.0291. The van der Waals surface area contributed by atoms with Gasteiger partial charge in [-0.15, -0.1) is 0 Å². The monoisotopic (exact) mass is 320 g/mol. The zero-order valence-corrected chi connectivity index (χ0v) is 15.1. The van der Waals surface area contributed by atoms with Crippen molar-refractivity contribution in [2.45, 2.75) is 52.1 Å². The highest BCUT2D eigenvalue weighted by atomic mass is 16.5. The Kier molecular flexibility index (Phi) is 5.20. The van der Waals surface area contributed by atoms with E-state index >= 15 is 0 Å². The third-order valence-electron chi connectivity index (χ3n) is 5.00. The maximum Gasteiger partial charge on any atom is 0.0692 e. The molecule has 0 fully saturated rings. The van der Waals surface area contributed by atoms with Crippen molar-refractivity contribution in [3.8, 4) is 11.1 Å². The van der Waals surface area contributed by atoms with E-state index in [9.17, 15) is 0 Å². The van der Waals surface area contributed by atoms with E-state index in [1.807, 2.05) is 0 Å². The van der Waals surface area contributed by atoms with Crippen LogP contribution in [0.5, 0.6) is 0 Å². The molecule has 1 unspecified atom stereocenters. The molecule has 0 aromatic heterocycles. The second-order valence-electron chi connectivity index (χ2n) is 7.18. The lowest BCUT2D eigenvalue weighted by molar-refractivity contribution is -0.0363. The van der Waals surface area contributed by atoms with Gasteiger partial charge in [-0.1, -0.05) is 67.1 Å². The van der Waals surface area contributed by atoms with Crippen molar-refractivity contribution in [1.29, 1.82) is 0 Å². The van der Waals surface area contributed by atoms with E-state index in [0.717, 1.165) is 32.3 Å². The van der Waals surface area contributed by atoms with Gasteiger partial charge in [-0.2, -0.15) is 0 Å². The average molecular weight is 320 g/mol. The number of rotatable bonds is 5. The van der Waals surface area contributed by atoms with Crippen LogP contribution < -0.4 is 0 Å². The first-order chi connectivity index (χ1) is 11.6. The standard InChI is InChI=1S/C23H28O/c1-4-17-24-23(3)15-13-22(14-16-23)21-11-9-20(10-12-21)19-7-5-18(2)6-8-19/h5-13H,4,14-17H2,1-3H3. The summed E-state index contributed by atoms with van der Waals surface area (Å²) in [6, 6.07) is 17.7. The first-order valence-corrected chi connectivity index (χ1v) is 9.10. The van der Waals surface area contributed by atoms with Crippen LogP contribution in [0.25, 0.3) is 16.7 Å². The lowest BCUT2D eigenvalue weighted by Crippen LogP contribution is -2.30. The van der Waals surface area contributed by atoms with Crippen molar-refractivity contribution < 1.29 is 4.74 Å². The molecule has 0 radical (unpaired) electrons. The summed E-state index contributed by atoms with van der Waals surface area (Å²) in [5.74, 6) is 0. The van der Waals surface area contributed by atoms with Crippen LogP contribution in [0, 0.1) is 6.92 Å². The van der Waals surface area contributed by atoms with Gasteiger partial charge in [0.15, 0.2) is 0 Å². The maximum atomic E-state index is 6.05. The number of hydrogen-bond acceptors (Lipinski definition) is 1. The molecule has 0 saturated carbocycles. The summed E-state index contributed by atoms with van der Waals surface area (Å²) in [5, 5.41) is 0. The summed E-state index contributed by atoms with van der Waals surface area (Å²) >= 11 is 0. The normalized spacial score (nSPS) is 20.7. The molecular formula is C23H28O. The molecule has 0 amide bonds. The molecule has 2 aromatic carbocycles. The van der Waals surface area contributed by atoms with Crippen LogP contribution in [0.15, 0.2) is 54.6 Å². The fourth-order valence-corrected chi connectivity index (χ4v) is 3.31. The zero-order valence-electron chi connectivity index (χ0n) is 15.1. The average Bonchev–Trinajstić information content (AvgIpc) is 2.62. The number of ether oxygens (including phenoxy) is 1. The molecule has 1 heteroatoms. The second-order valence-corrected chi connectivity index (χ2v) is 7.18. The van der Waals surface area contributed by atoms with E-state index in [-0.39, 0.29) is 5.60 Å². The quantitative estimate of drug-likeness (QED) is 0.618. The van der Waals surface area contributed by atoms with Gasteiger partial charge in [0, 0.05) is 6.61 Å². The van der Waals surface area contributed by atoms with Crippen molar-refractivity contribution >= 4 is 5.57 Å². The van der Waals surface area contributed by atoms with E-state index in [4.69, 9.17) is 4.74 Å². The predicted octanol–water partition coefficient (Wildman–Crippen LogP) is 6.41. The summed E-state index contributed by atoms with van der Waals surface area (Å²) < 4.78 is 6.05. The molecule has 24 heavy (non-hydrogen) atoms. The fraction of sp³-hybridized carbons (Fsp3) is 0.391. The van der Waals surface area contributed by atoms with Crippen LogP contribution in [0.1, 0.15) is 50.7 Å². The van der Waals surface area contributed by atoms with E-state index in [2.05, 4.69) is 75.4 Å². The van der Waals surface area contributed by atoms with Crippen LogP contribution in [-0.4, -0.2) is 12.2 Å². The highest BCUT2D eigenvalue weighted by Gasteiger charge is 2.27. The molecule has 0 bridgehead atoms.